The van der Waals surface area contributed by atoms with Gasteiger partial charge in [-0.15, -0.1) is 0 Å². The van der Waals surface area contributed by atoms with Gasteiger partial charge in [0, 0.05) is 6.07 Å². The molecule has 0 aliphatic carbocycles. The molecule has 0 radical (unpaired) electrons. The van der Waals surface area contributed by atoms with Gasteiger partial charge >= 0.3 is 0 Å². The molecule has 150 valence electrons. The van der Waals surface area contributed by atoms with Crippen LogP contribution in [0, 0.1) is 6.92 Å². The van der Waals surface area contributed by atoms with Crippen LogP contribution in [0.2, 0.25) is 18.6 Å². The van der Waals surface area contributed by atoms with Crippen LogP contribution in [0.4, 0.5) is 0 Å². The van der Waals surface area contributed by atoms with Gasteiger partial charge in [0.05, 0.1) is 19.0 Å². The van der Waals surface area contributed by atoms with Crippen LogP contribution >= 0.6 is 0 Å². The van der Waals surface area contributed by atoms with Gasteiger partial charge in [-0.1, -0.05) is 91.3 Å². The van der Waals surface area contributed by atoms with Crippen molar-refractivity contribution in [2.45, 2.75) is 38.4 Å². The highest BCUT2D eigenvalue weighted by atomic mass is 28.3. The third-order valence-electron chi connectivity index (χ3n) is 7.14. The van der Waals surface area contributed by atoms with E-state index in [1.807, 2.05) is 0 Å². The number of nitrogens with zero attached hydrogens (tertiary/aromatic N) is 1. The molecule has 1 saturated heterocycles. The Morgan fingerprint density at radius 2 is 1.57 bits per heavy atom. The van der Waals surface area contributed by atoms with E-state index in [0.29, 0.717) is 0 Å². The lowest BCUT2D eigenvalue weighted by Crippen LogP contribution is -2.41. The Bertz CT molecular complexity index is 1220. The summed E-state index contributed by atoms with van der Waals surface area (Å²) in [6.45, 7) is 4.81. The Hall–Kier alpha value is -2.71. The second-order valence-electron chi connectivity index (χ2n) is 9.24. The van der Waals surface area contributed by atoms with Crippen LogP contribution in [-0.4, -0.2) is 8.07 Å². The molecule has 0 bridgehead atoms. The molecule has 0 amide bonds. The number of fused-ring (bicyclic) bond motifs is 1. The highest BCUT2D eigenvalue weighted by molar-refractivity contribution is 6.91. The molecule has 1 aliphatic heterocycles. The molecule has 0 spiro atoms. The SMILES string of the molecule is Cc1ccc(-c2ccccc2)cc1-c1c2ccc([Si]3(C)CCCC3)cc2cc[n+]1C. The molecule has 0 N–H and O–H groups in total. The minimum absolute atomic E-state index is 1.26. The van der Waals surface area contributed by atoms with Gasteiger partial charge in [0.25, 0.3) is 0 Å². The summed E-state index contributed by atoms with van der Waals surface area (Å²) in [6.07, 6.45) is 5.07. The van der Waals surface area contributed by atoms with E-state index in [9.17, 15) is 0 Å². The van der Waals surface area contributed by atoms with Crippen LogP contribution < -0.4 is 9.75 Å². The zero-order valence-corrected chi connectivity index (χ0v) is 19.3. The number of aryl methyl sites for hydroxylation is 2. The molecule has 1 aromatic heterocycles. The molecule has 0 unspecified atom stereocenters. The average molecular weight is 409 g/mol. The Balaban J connectivity index is 1.68. The van der Waals surface area contributed by atoms with E-state index in [1.54, 1.807) is 5.19 Å². The molecule has 0 atom stereocenters. The van der Waals surface area contributed by atoms with Gasteiger partial charge in [-0.2, -0.15) is 0 Å². The maximum Gasteiger partial charge on any atom is 0.220 e. The minimum Gasteiger partial charge on any atom is -0.200 e. The van der Waals surface area contributed by atoms with Crippen molar-refractivity contribution in [3.63, 3.8) is 0 Å². The predicted molar refractivity (Wildman–Crippen MR) is 131 cm³/mol. The third kappa shape index (κ3) is 3.29. The lowest BCUT2D eigenvalue weighted by atomic mass is 9.95. The molecule has 1 nitrogen and oxygen atoms in total. The van der Waals surface area contributed by atoms with Gasteiger partial charge in [0.2, 0.25) is 5.69 Å². The highest BCUT2D eigenvalue weighted by Gasteiger charge is 2.33. The molecular weight excluding hydrogens is 378 g/mol. The summed E-state index contributed by atoms with van der Waals surface area (Å²) < 4.78 is 2.29. The minimum atomic E-state index is -1.26. The van der Waals surface area contributed by atoms with Crippen molar-refractivity contribution in [2.75, 3.05) is 0 Å². The van der Waals surface area contributed by atoms with Crippen molar-refractivity contribution in [2.24, 2.45) is 7.05 Å². The van der Waals surface area contributed by atoms with E-state index in [2.05, 4.69) is 104 Å². The number of benzene rings is 3. The number of hydrogen-bond donors (Lipinski definition) is 0. The fourth-order valence-corrected chi connectivity index (χ4v) is 9.09. The van der Waals surface area contributed by atoms with Gasteiger partial charge < -0.3 is 0 Å². The summed E-state index contributed by atoms with van der Waals surface area (Å²) in [5.41, 5.74) is 6.49. The van der Waals surface area contributed by atoms with Crippen LogP contribution in [-0.2, 0) is 7.05 Å². The summed E-state index contributed by atoms with van der Waals surface area (Å²) in [5.74, 6) is 0. The van der Waals surface area contributed by atoms with E-state index in [4.69, 9.17) is 0 Å². The quantitative estimate of drug-likeness (QED) is 0.273. The normalized spacial score (nSPS) is 15.6. The van der Waals surface area contributed by atoms with Gasteiger partial charge in [-0.25, -0.2) is 4.57 Å². The first-order valence-electron chi connectivity index (χ1n) is 11.1. The molecule has 2 heteroatoms. The summed E-state index contributed by atoms with van der Waals surface area (Å²) in [7, 11) is 0.910. The van der Waals surface area contributed by atoms with Gasteiger partial charge in [-0.3, -0.25) is 0 Å². The van der Waals surface area contributed by atoms with E-state index in [-0.39, 0.29) is 0 Å². The average Bonchev–Trinajstić information content (AvgIpc) is 3.22. The van der Waals surface area contributed by atoms with Crippen molar-refractivity contribution < 1.29 is 4.57 Å². The van der Waals surface area contributed by atoms with E-state index in [1.165, 1.54) is 63.7 Å². The van der Waals surface area contributed by atoms with E-state index in [0.717, 1.165) is 0 Å². The van der Waals surface area contributed by atoms with Gasteiger partial charge in [0.1, 0.15) is 7.05 Å². The molecule has 1 fully saturated rings. The van der Waals surface area contributed by atoms with Crippen LogP contribution in [0.25, 0.3) is 33.2 Å². The van der Waals surface area contributed by atoms with Crippen molar-refractivity contribution >= 4 is 24.0 Å². The molecule has 3 aromatic carbocycles. The maximum atomic E-state index is 2.58. The van der Waals surface area contributed by atoms with Crippen LogP contribution in [0.5, 0.6) is 0 Å². The number of rotatable bonds is 3. The van der Waals surface area contributed by atoms with Crippen molar-refractivity contribution in [1.82, 2.24) is 0 Å². The summed E-state index contributed by atoms with van der Waals surface area (Å²) in [6, 6.07) is 30.1. The van der Waals surface area contributed by atoms with Gasteiger partial charge in [0.15, 0.2) is 6.20 Å². The zero-order chi connectivity index (χ0) is 20.7. The number of pyridine rings is 1. The van der Waals surface area contributed by atoms with Crippen LogP contribution in [0.1, 0.15) is 18.4 Å². The first-order valence-corrected chi connectivity index (χ1v) is 14.1. The molecule has 4 aromatic rings. The lowest BCUT2D eigenvalue weighted by molar-refractivity contribution is -0.659. The van der Waals surface area contributed by atoms with Crippen LogP contribution in [0.3, 0.4) is 0 Å². The largest absolute Gasteiger partial charge is 0.220 e. The Morgan fingerprint density at radius 1 is 0.800 bits per heavy atom. The fourth-order valence-electron chi connectivity index (χ4n) is 5.21. The molecule has 2 heterocycles. The predicted octanol–water partition coefficient (Wildman–Crippen LogP) is 6.39. The Kier molecular flexibility index (Phi) is 4.83. The topological polar surface area (TPSA) is 3.88 Å². The maximum absolute atomic E-state index is 2.58. The standard InChI is InChI=1S/C28H30NSi/c1-21-11-12-23(22-9-5-4-6-10-22)20-27(21)28-26-14-13-25(30(3)17-7-8-18-30)19-24(26)15-16-29(28)2/h4-6,9-16,19-20H,7-8,17-18H2,1-3H3/q+1. The van der Waals surface area contributed by atoms with Crippen molar-refractivity contribution in [3.8, 4) is 22.4 Å². The molecular formula is C28H30NSi+. The molecule has 30 heavy (non-hydrogen) atoms. The Labute approximate surface area is 181 Å². The van der Waals surface area contributed by atoms with Crippen molar-refractivity contribution in [3.05, 3.63) is 84.6 Å². The van der Waals surface area contributed by atoms with Gasteiger partial charge in [-0.05, 0) is 41.1 Å². The fraction of sp³-hybridized carbons (Fsp3) is 0.250. The second-order valence-corrected chi connectivity index (χ2v) is 13.9. The lowest BCUT2D eigenvalue weighted by Gasteiger charge is -2.22. The second kappa shape index (κ2) is 7.52. The van der Waals surface area contributed by atoms with Crippen molar-refractivity contribution in [1.29, 1.82) is 0 Å². The monoisotopic (exact) mass is 408 g/mol. The molecule has 1 aliphatic rings. The van der Waals surface area contributed by atoms with Crippen LogP contribution in [0.15, 0.2) is 79.0 Å². The third-order valence-corrected chi connectivity index (χ3v) is 11.8. The summed E-state index contributed by atoms with van der Waals surface area (Å²) in [5, 5.41) is 4.38. The number of aromatic nitrogens is 1. The molecule has 5 rings (SSSR count). The first kappa shape index (κ1) is 19.3. The summed E-state index contributed by atoms with van der Waals surface area (Å²) >= 11 is 0. The first-order chi connectivity index (χ1) is 14.5. The smallest absolute Gasteiger partial charge is 0.200 e. The summed E-state index contributed by atoms with van der Waals surface area (Å²) in [4.78, 5) is 0. The van der Waals surface area contributed by atoms with E-state index < -0.39 is 8.07 Å². The van der Waals surface area contributed by atoms with E-state index >= 15 is 0 Å². The number of hydrogen-bond acceptors (Lipinski definition) is 0. The Morgan fingerprint density at radius 3 is 2.33 bits per heavy atom. The zero-order valence-electron chi connectivity index (χ0n) is 18.3. The molecule has 0 saturated carbocycles. The highest BCUT2D eigenvalue weighted by Crippen LogP contribution is 2.33.